The van der Waals surface area contributed by atoms with Gasteiger partial charge in [0.05, 0.1) is 0 Å². The molecule has 1 heterocycles. The second-order valence-electron chi connectivity index (χ2n) is 5.23. The SMILES string of the molecule is O=C(NCc1cc(F)cc(F)c1)Nc1cccc(-n2cccc2)c1. The summed E-state index contributed by atoms with van der Waals surface area (Å²) < 4.78 is 28.1. The fourth-order valence-corrected chi connectivity index (χ4v) is 2.32. The maximum absolute atomic E-state index is 13.1. The lowest BCUT2D eigenvalue weighted by Crippen LogP contribution is -2.28. The molecule has 0 bridgehead atoms. The molecule has 3 aromatic rings. The predicted octanol–water partition coefficient (Wildman–Crippen LogP) is 4.08. The van der Waals surface area contributed by atoms with Crippen LogP contribution in [-0.2, 0) is 6.54 Å². The fourth-order valence-electron chi connectivity index (χ4n) is 2.32. The number of carbonyl (C=O) groups excluding carboxylic acids is 1. The second-order valence-corrected chi connectivity index (χ2v) is 5.23. The van der Waals surface area contributed by atoms with Crippen molar-refractivity contribution in [3.8, 4) is 5.69 Å². The summed E-state index contributed by atoms with van der Waals surface area (Å²) in [4.78, 5) is 11.9. The minimum absolute atomic E-state index is 0.0256. The molecule has 0 aliphatic heterocycles. The highest BCUT2D eigenvalue weighted by Crippen LogP contribution is 2.15. The number of aromatic nitrogens is 1. The first-order chi connectivity index (χ1) is 11.6. The van der Waals surface area contributed by atoms with Crippen molar-refractivity contribution in [2.75, 3.05) is 5.32 Å². The Morgan fingerprint density at radius 3 is 2.38 bits per heavy atom. The molecule has 0 spiro atoms. The van der Waals surface area contributed by atoms with Gasteiger partial charge in [-0.1, -0.05) is 6.07 Å². The lowest BCUT2D eigenvalue weighted by atomic mass is 10.2. The summed E-state index contributed by atoms with van der Waals surface area (Å²) in [5, 5.41) is 5.26. The lowest BCUT2D eigenvalue weighted by Gasteiger charge is -2.10. The smallest absolute Gasteiger partial charge is 0.319 e. The molecule has 6 heteroatoms. The third-order valence-electron chi connectivity index (χ3n) is 3.38. The van der Waals surface area contributed by atoms with Crippen LogP contribution in [0, 0.1) is 11.6 Å². The van der Waals surface area contributed by atoms with Crippen molar-refractivity contribution in [1.82, 2.24) is 9.88 Å². The Labute approximate surface area is 137 Å². The van der Waals surface area contributed by atoms with Crippen molar-refractivity contribution < 1.29 is 13.6 Å². The van der Waals surface area contributed by atoms with E-state index in [0.717, 1.165) is 11.8 Å². The minimum atomic E-state index is -0.674. The van der Waals surface area contributed by atoms with Crippen LogP contribution in [0.4, 0.5) is 19.3 Å². The third kappa shape index (κ3) is 3.98. The van der Waals surface area contributed by atoms with E-state index in [1.165, 1.54) is 12.1 Å². The quantitative estimate of drug-likeness (QED) is 0.745. The molecule has 4 nitrogen and oxygen atoms in total. The zero-order chi connectivity index (χ0) is 16.9. The normalized spacial score (nSPS) is 10.4. The molecule has 0 unspecified atom stereocenters. The molecule has 0 fully saturated rings. The molecule has 3 rings (SSSR count). The van der Waals surface area contributed by atoms with E-state index in [-0.39, 0.29) is 6.54 Å². The van der Waals surface area contributed by atoms with Gasteiger partial charge in [0.25, 0.3) is 0 Å². The average Bonchev–Trinajstić information content (AvgIpc) is 3.07. The Balaban J connectivity index is 1.62. The van der Waals surface area contributed by atoms with Crippen LogP contribution >= 0.6 is 0 Å². The molecule has 1 aromatic heterocycles. The average molecular weight is 327 g/mol. The van der Waals surface area contributed by atoms with Crippen LogP contribution in [0.5, 0.6) is 0 Å². The van der Waals surface area contributed by atoms with Crippen LogP contribution in [0.15, 0.2) is 67.0 Å². The molecule has 122 valence electrons. The summed E-state index contributed by atoms with van der Waals surface area (Å²) in [7, 11) is 0. The van der Waals surface area contributed by atoms with Crippen LogP contribution < -0.4 is 10.6 Å². The first-order valence-corrected chi connectivity index (χ1v) is 7.33. The van der Waals surface area contributed by atoms with E-state index in [9.17, 15) is 13.6 Å². The van der Waals surface area contributed by atoms with Crippen molar-refractivity contribution in [2.24, 2.45) is 0 Å². The van der Waals surface area contributed by atoms with Gasteiger partial charge in [0.2, 0.25) is 0 Å². The third-order valence-corrected chi connectivity index (χ3v) is 3.38. The lowest BCUT2D eigenvalue weighted by molar-refractivity contribution is 0.251. The number of benzene rings is 2. The Bertz CT molecular complexity index is 827. The van der Waals surface area contributed by atoms with Crippen molar-refractivity contribution in [1.29, 1.82) is 0 Å². The summed E-state index contributed by atoms with van der Waals surface area (Å²) in [6, 6.07) is 13.8. The minimum Gasteiger partial charge on any atom is -0.334 e. The molecule has 0 aliphatic rings. The van der Waals surface area contributed by atoms with E-state index < -0.39 is 17.7 Å². The molecule has 2 amide bonds. The maximum atomic E-state index is 13.1. The van der Waals surface area contributed by atoms with Gasteiger partial charge < -0.3 is 15.2 Å². The highest BCUT2D eigenvalue weighted by Gasteiger charge is 2.05. The van der Waals surface area contributed by atoms with Crippen molar-refractivity contribution in [3.05, 3.63) is 84.2 Å². The van der Waals surface area contributed by atoms with Gasteiger partial charge in [-0.05, 0) is 48.0 Å². The van der Waals surface area contributed by atoms with Gasteiger partial charge in [-0.2, -0.15) is 0 Å². The van der Waals surface area contributed by atoms with Gasteiger partial charge in [0, 0.05) is 36.4 Å². The Morgan fingerprint density at radius 1 is 0.958 bits per heavy atom. The van der Waals surface area contributed by atoms with Crippen molar-refractivity contribution >= 4 is 11.7 Å². The van der Waals surface area contributed by atoms with Gasteiger partial charge in [-0.25, -0.2) is 13.6 Å². The first-order valence-electron chi connectivity index (χ1n) is 7.33. The van der Waals surface area contributed by atoms with Crippen LogP contribution in [0.25, 0.3) is 5.69 Å². The molecular formula is C18H15F2N3O. The number of amides is 2. The van der Waals surface area contributed by atoms with E-state index in [0.29, 0.717) is 11.3 Å². The number of nitrogens with one attached hydrogen (secondary N) is 2. The van der Waals surface area contributed by atoms with Crippen molar-refractivity contribution in [2.45, 2.75) is 6.54 Å². The molecule has 2 N–H and O–H groups in total. The number of hydrogen-bond donors (Lipinski definition) is 2. The molecule has 0 atom stereocenters. The number of halogens is 2. The first kappa shape index (κ1) is 15.7. The summed E-state index contributed by atoms with van der Waals surface area (Å²) in [6.45, 7) is 0.0256. The molecule has 0 saturated heterocycles. The molecule has 2 aromatic carbocycles. The number of urea groups is 1. The number of anilines is 1. The van der Waals surface area contributed by atoms with Crippen LogP contribution in [0.2, 0.25) is 0 Å². The summed E-state index contributed by atoms with van der Waals surface area (Å²) in [5.41, 5.74) is 1.87. The Kier molecular flexibility index (Phi) is 4.56. The zero-order valence-corrected chi connectivity index (χ0v) is 12.7. The van der Waals surface area contributed by atoms with Crippen molar-refractivity contribution in [3.63, 3.8) is 0 Å². The monoisotopic (exact) mass is 327 g/mol. The predicted molar refractivity (Wildman–Crippen MR) is 88.0 cm³/mol. The zero-order valence-electron chi connectivity index (χ0n) is 12.7. The summed E-state index contributed by atoms with van der Waals surface area (Å²) in [6.07, 6.45) is 3.80. The van der Waals surface area contributed by atoms with Gasteiger partial charge in [0.1, 0.15) is 11.6 Å². The fraction of sp³-hybridized carbons (Fsp3) is 0.0556. The number of rotatable bonds is 4. The highest BCUT2D eigenvalue weighted by atomic mass is 19.1. The van der Waals surface area contributed by atoms with Crippen LogP contribution in [0.1, 0.15) is 5.56 Å². The molecule has 24 heavy (non-hydrogen) atoms. The van der Waals surface area contributed by atoms with Gasteiger partial charge in [-0.3, -0.25) is 0 Å². The Hall–Kier alpha value is -3.15. The molecular weight excluding hydrogens is 312 g/mol. The number of carbonyl (C=O) groups is 1. The summed E-state index contributed by atoms with van der Waals surface area (Å²) in [5.74, 6) is -1.35. The largest absolute Gasteiger partial charge is 0.334 e. The van der Waals surface area contributed by atoms with Gasteiger partial charge in [0.15, 0.2) is 0 Å². The van der Waals surface area contributed by atoms with E-state index >= 15 is 0 Å². The molecule has 0 aliphatic carbocycles. The second kappa shape index (κ2) is 6.95. The summed E-state index contributed by atoms with van der Waals surface area (Å²) >= 11 is 0. The van der Waals surface area contributed by atoms with Gasteiger partial charge >= 0.3 is 6.03 Å². The topological polar surface area (TPSA) is 46.1 Å². The Morgan fingerprint density at radius 2 is 1.67 bits per heavy atom. The van der Waals surface area contributed by atoms with Crippen LogP contribution in [0.3, 0.4) is 0 Å². The van der Waals surface area contributed by atoms with E-state index in [1.54, 1.807) is 6.07 Å². The van der Waals surface area contributed by atoms with E-state index in [2.05, 4.69) is 10.6 Å². The number of nitrogens with zero attached hydrogens (tertiary/aromatic N) is 1. The van der Waals surface area contributed by atoms with Gasteiger partial charge in [-0.15, -0.1) is 0 Å². The van der Waals surface area contributed by atoms with E-state index in [1.807, 2.05) is 47.3 Å². The molecule has 0 saturated carbocycles. The standard InChI is InChI=1S/C18H15F2N3O/c19-14-8-13(9-15(20)10-14)12-21-18(24)22-16-4-3-5-17(11-16)23-6-1-2-7-23/h1-11H,12H2,(H2,21,22,24). The highest BCUT2D eigenvalue weighted by molar-refractivity contribution is 5.89. The molecule has 0 radical (unpaired) electrons. The maximum Gasteiger partial charge on any atom is 0.319 e. The number of hydrogen-bond acceptors (Lipinski definition) is 1. The van der Waals surface area contributed by atoms with Crippen LogP contribution in [-0.4, -0.2) is 10.6 Å². The van der Waals surface area contributed by atoms with E-state index in [4.69, 9.17) is 0 Å².